The van der Waals surface area contributed by atoms with Gasteiger partial charge in [-0.05, 0) is 19.9 Å². The van der Waals surface area contributed by atoms with Gasteiger partial charge in [0.1, 0.15) is 6.04 Å². The van der Waals surface area contributed by atoms with Crippen LogP contribution in [-0.2, 0) is 19.1 Å². The molecule has 2 N–H and O–H groups in total. The Balaban J connectivity index is 4.42. The van der Waals surface area contributed by atoms with Gasteiger partial charge in [-0.1, -0.05) is 13.3 Å². The van der Waals surface area contributed by atoms with Crippen molar-refractivity contribution in [3.8, 4) is 0 Å². The minimum atomic E-state index is -1.13. The first kappa shape index (κ1) is 15.6. The molecule has 6 nitrogen and oxygen atoms in total. The normalized spacial score (nSPS) is 13.8. The molecule has 0 radical (unpaired) electrons. The van der Waals surface area contributed by atoms with Gasteiger partial charge in [-0.2, -0.15) is 0 Å². The van der Waals surface area contributed by atoms with Crippen LogP contribution in [0.15, 0.2) is 0 Å². The summed E-state index contributed by atoms with van der Waals surface area (Å²) in [6.45, 7) is 5.00. The molecule has 6 heteroatoms. The van der Waals surface area contributed by atoms with Gasteiger partial charge in [-0.25, -0.2) is 0 Å². The Kier molecular flexibility index (Phi) is 7.13. The molecule has 0 heterocycles. The van der Waals surface area contributed by atoms with Gasteiger partial charge >= 0.3 is 17.9 Å². The Morgan fingerprint density at radius 1 is 1.35 bits per heavy atom. The Morgan fingerprint density at radius 3 is 2.35 bits per heavy atom. The number of hydrogen-bond donors (Lipinski definition) is 2. The summed E-state index contributed by atoms with van der Waals surface area (Å²) in [4.78, 5) is 33.0. The molecular formula is C11H19NO5. The first-order valence-corrected chi connectivity index (χ1v) is 5.58. The number of unbranched alkanes of at least 4 members (excludes halogenated alkanes) is 1. The molecule has 0 saturated heterocycles. The first-order valence-electron chi connectivity index (χ1n) is 5.58. The molecule has 0 fully saturated rings. The monoisotopic (exact) mass is 245 g/mol. The molecule has 0 bridgehead atoms. The van der Waals surface area contributed by atoms with Crippen molar-refractivity contribution in [2.45, 2.75) is 39.7 Å². The fourth-order valence-corrected chi connectivity index (χ4v) is 1.28. The highest BCUT2D eigenvalue weighted by Crippen LogP contribution is 2.07. The highest BCUT2D eigenvalue weighted by Gasteiger charge is 2.31. The number of carboxylic acid groups (broad SMARTS) is 1. The molecule has 0 aromatic rings. The molecule has 2 atom stereocenters. The second-order valence-electron chi connectivity index (χ2n) is 3.82. The summed E-state index contributed by atoms with van der Waals surface area (Å²) in [5.41, 5.74) is 0. The number of carbonyl (C=O) groups is 3. The van der Waals surface area contributed by atoms with E-state index in [9.17, 15) is 14.4 Å². The maximum Gasteiger partial charge on any atom is 0.321 e. The topological polar surface area (TPSA) is 92.7 Å². The van der Waals surface area contributed by atoms with Crippen LogP contribution in [-0.4, -0.2) is 35.6 Å². The fraction of sp³-hybridized carbons (Fsp3) is 0.727. The van der Waals surface area contributed by atoms with E-state index in [4.69, 9.17) is 5.11 Å². The zero-order valence-corrected chi connectivity index (χ0v) is 10.4. The number of ether oxygens (including phenoxy) is 1. The molecule has 0 aromatic heterocycles. The molecule has 17 heavy (non-hydrogen) atoms. The highest BCUT2D eigenvalue weighted by atomic mass is 16.6. The van der Waals surface area contributed by atoms with E-state index < -0.39 is 29.9 Å². The SMILES string of the molecule is CCCCN[C@@H](C(=O)O)C(C)C(=O)OC(C)=O. The number of carbonyl (C=O) groups excluding carboxylic acids is 2. The number of hydrogen-bond acceptors (Lipinski definition) is 5. The van der Waals surface area contributed by atoms with E-state index in [0.717, 1.165) is 19.8 Å². The van der Waals surface area contributed by atoms with Crippen molar-refractivity contribution in [3.63, 3.8) is 0 Å². The lowest BCUT2D eigenvalue weighted by Crippen LogP contribution is -2.45. The minimum Gasteiger partial charge on any atom is -0.480 e. The lowest BCUT2D eigenvalue weighted by molar-refractivity contribution is -0.164. The van der Waals surface area contributed by atoms with Gasteiger partial charge in [-0.15, -0.1) is 0 Å². The van der Waals surface area contributed by atoms with Crippen LogP contribution in [0, 0.1) is 5.92 Å². The molecule has 0 spiro atoms. The Labute approximate surface area is 100 Å². The summed E-state index contributed by atoms with van der Waals surface area (Å²) in [6, 6.07) is -1.03. The van der Waals surface area contributed by atoms with Gasteiger partial charge in [0.05, 0.1) is 5.92 Å². The van der Waals surface area contributed by atoms with Crippen molar-refractivity contribution >= 4 is 17.9 Å². The quantitative estimate of drug-likeness (QED) is 0.386. The summed E-state index contributed by atoms with van der Waals surface area (Å²) in [6.07, 6.45) is 1.74. The maximum absolute atomic E-state index is 11.4. The Hall–Kier alpha value is -1.43. The van der Waals surface area contributed by atoms with Crippen molar-refractivity contribution in [1.82, 2.24) is 5.32 Å². The molecule has 0 aliphatic rings. The van der Waals surface area contributed by atoms with E-state index in [1.54, 1.807) is 0 Å². The van der Waals surface area contributed by atoms with Crippen LogP contribution in [0.3, 0.4) is 0 Å². The number of esters is 2. The summed E-state index contributed by atoms with van der Waals surface area (Å²) < 4.78 is 4.37. The number of nitrogens with one attached hydrogen (secondary N) is 1. The Bertz CT molecular complexity index is 290. The fourth-order valence-electron chi connectivity index (χ4n) is 1.28. The van der Waals surface area contributed by atoms with Crippen molar-refractivity contribution in [1.29, 1.82) is 0 Å². The predicted molar refractivity (Wildman–Crippen MR) is 60.3 cm³/mol. The summed E-state index contributed by atoms with van der Waals surface area (Å²) >= 11 is 0. The summed E-state index contributed by atoms with van der Waals surface area (Å²) in [5.74, 6) is -3.60. The lowest BCUT2D eigenvalue weighted by Gasteiger charge is -2.19. The van der Waals surface area contributed by atoms with Crippen LogP contribution in [0.4, 0.5) is 0 Å². The first-order chi connectivity index (χ1) is 7.90. The molecule has 0 rings (SSSR count). The van der Waals surface area contributed by atoms with Crippen molar-refractivity contribution in [3.05, 3.63) is 0 Å². The van der Waals surface area contributed by atoms with E-state index >= 15 is 0 Å². The smallest absolute Gasteiger partial charge is 0.321 e. The van der Waals surface area contributed by atoms with Crippen molar-refractivity contribution in [2.24, 2.45) is 5.92 Å². The molecule has 1 unspecified atom stereocenters. The summed E-state index contributed by atoms with van der Waals surface area (Å²) in [7, 11) is 0. The highest BCUT2D eigenvalue weighted by molar-refractivity contribution is 5.89. The molecule has 0 amide bonds. The van der Waals surface area contributed by atoms with Crippen LogP contribution in [0.5, 0.6) is 0 Å². The third-order valence-corrected chi connectivity index (χ3v) is 2.28. The molecule has 0 aliphatic carbocycles. The second kappa shape index (κ2) is 7.78. The van der Waals surface area contributed by atoms with Crippen LogP contribution >= 0.6 is 0 Å². The largest absolute Gasteiger partial charge is 0.480 e. The molecular weight excluding hydrogens is 226 g/mol. The summed E-state index contributed by atoms with van der Waals surface area (Å²) in [5, 5.41) is 11.7. The molecule has 0 saturated carbocycles. The minimum absolute atomic E-state index is 0.505. The van der Waals surface area contributed by atoms with E-state index in [2.05, 4.69) is 10.1 Å². The van der Waals surface area contributed by atoms with Crippen molar-refractivity contribution in [2.75, 3.05) is 6.54 Å². The average Bonchev–Trinajstić information content (AvgIpc) is 2.22. The standard InChI is InChI=1S/C11H19NO5/c1-4-5-6-12-9(10(14)15)7(2)11(16)17-8(3)13/h7,9,12H,4-6H2,1-3H3,(H,14,15)/t7?,9-/m1/s1. The van der Waals surface area contributed by atoms with Gasteiger partial charge < -0.3 is 15.2 Å². The van der Waals surface area contributed by atoms with Crippen LogP contribution < -0.4 is 5.32 Å². The molecule has 98 valence electrons. The van der Waals surface area contributed by atoms with Crippen LogP contribution in [0.1, 0.15) is 33.6 Å². The number of rotatable bonds is 7. The van der Waals surface area contributed by atoms with E-state index in [1.165, 1.54) is 6.92 Å². The van der Waals surface area contributed by atoms with Gasteiger partial charge in [0.25, 0.3) is 0 Å². The zero-order chi connectivity index (χ0) is 13.4. The maximum atomic E-state index is 11.4. The third kappa shape index (κ3) is 6.01. The van der Waals surface area contributed by atoms with Gasteiger partial charge in [0, 0.05) is 6.92 Å². The molecule has 0 aliphatic heterocycles. The van der Waals surface area contributed by atoms with Gasteiger partial charge in [0.2, 0.25) is 0 Å². The van der Waals surface area contributed by atoms with Crippen molar-refractivity contribution < 1.29 is 24.2 Å². The zero-order valence-electron chi connectivity index (χ0n) is 10.4. The third-order valence-electron chi connectivity index (χ3n) is 2.28. The van der Waals surface area contributed by atoms with Gasteiger partial charge in [0.15, 0.2) is 0 Å². The Morgan fingerprint density at radius 2 is 1.94 bits per heavy atom. The number of aliphatic carboxylic acids is 1. The average molecular weight is 245 g/mol. The lowest BCUT2D eigenvalue weighted by atomic mass is 10.0. The van der Waals surface area contributed by atoms with E-state index in [1.807, 2.05) is 6.92 Å². The predicted octanol–water partition coefficient (Wildman–Crippen LogP) is 0.555. The van der Waals surface area contributed by atoms with E-state index in [-0.39, 0.29) is 0 Å². The second-order valence-corrected chi connectivity index (χ2v) is 3.82. The van der Waals surface area contributed by atoms with Gasteiger partial charge in [-0.3, -0.25) is 14.4 Å². The van der Waals surface area contributed by atoms with E-state index in [0.29, 0.717) is 6.54 Å². The molecule has 0 aromatic carbocycles. The number of carboxylic acids is 1. The van der Waals surface area contributed by atoms with Crippen LogP contribution in [0.25, 0.3) is 0 Å². The van der Waals surface area contributed by atoms with Crippen LogP contribution in [0.2, 0.25) is 0 Å².